The first kappa shape index (κ1) is 15.8. The molecule has 0 saturated heterocycles. The Hall–Kier alpha value is -1.60. The number of nitrogens with zero attached hydrogens (tertiary/aromatic N) is 4. The Morgan fingerprint density at radius 1 is 1.38 bits per heavy atom. The van der Waals surface area contributed by atoms with E-state index >= 15 is 0 Å². The minimum Gasteiger partial charge on any atom is -0.396 e. The number of hydrogen-bond acceptors (Lipinski definition) is 6. The lowest BCUT2D eigenvalue weighted by Crippen LogP contribution is -2.24. The fraction of sp³-hybridized carbons (Fsp3) is 0.500. The molecule has 0 aromatic carbocycles. The third-order valence-electron chi connectivity index (χ3n) is 3.05. The number of aliphatic hydroxyl groups excluding tert-OH is 1. The normalized spacial score (nSPS) is 12.4. The quantitative estimate of drug-likeness (QED) is 0.812. The Morgan fingerprint density at radius 2 is 2.19 bits per heavy atom. The number of thioether (sulfide) groups is 1. The van der Waals surface area contributed by atoms with E-state index in [0.717, 1.165) is 17.1 Å². The maximum atomic E-state index is 9.11. The second kappa shape index (κ2) is 7.42. The summed E-state index contributed by atoms with van der Waals surface area (Å²) in [6.45, 7) is 4.10. The van der Waals surface area contributed by atoms with Crippen LogP contribution in [0.25, 0.3) is 5.82 Å². The van der Waals surface area contributed by atoms with Crippen LogP contribution in [-0.4, -0.2) is 49.5 Å². The zero-order chi connectivity index (χ0) is 15.2. The number of aliphatic hydroxyl groups is 1. The molecule has 2 heterocycles. The first-order chi connectivity index (χ1) is 10.1. The Kier molecular flexibility index (Phi) is 5.58. The number of anilines is 1. The second-order valence-corrected chi connectivity index (χ2v) is 5.82. The maximum Gasteiger partial charge on any atom is 0.174 e. The molecule has 21 heavy (non-hydrogen) atoms. The van der Waals surface area contributed by atoms with Crippen molar-refractivity contribution < 1.29 is 5.11 Å². The summed E-state index contributed by atoms with van der Waals surface area (Å²) in [5.74, 6) is 2.30. The Balaban J connectivity index is 2.19. The molecule has 114 valence electrons. The molecule has 0 aliphatic rings. The van der Waals surface area contributed by atoms with E-state index in [0.29, 0.717) is 18.1 Å². The van der Waals surface area contributed by atoms with E-state index in [-0.39, 0.29) is 12.6 Å². The van der Waals surface area contributed by atoms with Crippen LogP contribution in [-0.2, 0) is 0 Å². The predicted octanol–water partition coefficient (Wildman–Crippen LogP) is 1.81. The zero-order valence-corrected chi connectivity index (χ0v) is 13.4. The van der Waals surface area contributed by atoms with Crippen molar-refractivity contribution in [3.05, 3.63) is 29.8 Å². The smallest absolute Gasteiger partial charge is 0.174 e. The highest BCUT2D eigenvalue weighted by molar-refractivity contribution is 7.98. The van der Waals surface area contributed by atoms with Crippen molar-refractivity contribution in [2.75, 3.05) is 23.9 Å². The average Bonchev–Trinajstić information content (AvgIpc) is 2.79. The molecule has 2 rings (SSSR count). The van der Waals surface area contributed by atoms with Crippen LogP contribution in [0.1, 0.15) is 17.8 Å². The number of nitrogens with one attached hydrogen (secondary N) is 1. The monoisotopic (exact) mass is 307 g/mol. The van der Waals surface area contributed by atoms with Crippen molar-refractivity contribution in [1.82, 2.24) is 19.7 Å². The van der Waals surface area contributed by atoms with Gasteiger partial charge >= 0.3 is 0 Å². The van der Waals surface area contributed by atoms with E-state index in [1.807, 2.05) is 26.2 Å². The van der Waals surface area contributed by atoms with E-state index < -0.39 is 0 Å². The van der Waals surface area contributed by atoms with E-state index in [2.05, 4.69) is 20.4 Å². The minimum atomic E-state index is 0.156. The second-order valence-electron chi connectivity index (χ2n) is 4.91. The van der Waals surface area contributed by atoms with Gasteiger partial charge in [-0.3, -0.25) is 4.98 Å². The molecule has 0 aliphatic carbocycles. The molecule has 0 amide bonds. The van der Waals surface area contributed by atoms with Gasteiger partial charge in [0.05, 0.1) is 18.1 Å². The van der Waals surface area contributed by atoms with Crippen LogP contribution in [0.3, 0.4) is 0 Å². The van der Waals surface area contributed by atoms with Crippen molar-refractivity contribution in [2.24, 2.45) is 0 Å². The van der Waals surface area contributed by atoms with E-state index in [9.17, 15) is 0 Å². The summed E-state index contributed by atoms with van der Waals surface area (Å²) in [6, 6.07) is 2.18. The van der Waals surface area contributed by atoms with Crippen LogP contribution >= 0.6 is 11.8 Å². The largest absolute Gasteiger partial charge is 0.396 e. The van der Waals surface area contributed by atoms with Crippen molar-refractivity contribution in [3.63, 3.8) is 0 Å². The highest BCUT2D eigenvalue weighted by Crippen LogP contribution is 2.13. The standard InChI is InChI=1S/C14H21N5OS/c1-10-6-11(2)19(18-10)14-8-15-7-13(17-14)16-12(4-5-20)9-21-3/h6-8,12,20H,4-5,9H2,1-3H3,(H,16,17)/t12-/m1/s1. The summed E-state index contributed by atoms with van der Waals surface area (Å²) in [4.78, 5) is 8.79. The van der Waals surface area contributed by atoms with Crippen LogP contribution < -0.4 is 5.32 Å². The molecule has 2 aromatic heterocycles. The van der Waals surface area contributed by atoms with Crippen molar-refractivity contribution in [3.8, 4) is 5.82 Å². The topological polar surface area (TPSA) is 75.9 Å². The summed E-state index contributed by atoms with van der Waals surface area (Å²) in [5, 5.41) is 16.9. The summed E-state index contributed by atoms with van der Waals surface area (Å²) in [5.41, 5.74) is 1.98. The lowest BCUT2D eigenvalue weighted by Gasteiger charge is -2.17. The molecule has 0 spiro atoms. The Morgan fingerprint density at radius 3 is 2.81 bits per heavy atom. The summed E-state index contributed by atoms with van der Waals surface area (Å²) < 4.78 is 1.78. The zero-order valence-electron chi connectivity index (χ0n) is 12.6. The van der Waals surface area contributed by atoms with Crippen LogP contribution in [0.5, 0.6) is 0 Å². The summed E-state index contributed by atoms with van der Waals surface area (Å²) in [7, 11) is 0. The number of aryl methyl sites for hydroxylation is 2. The van der Waals surface area contributed by atoms with Gasteiger partial charge < -0.3 is 10.4 Å². The fourth-order valence-electron chi connectivity index (χ4n) is 2.15. The van der Waals surface area contributed by atoms with Gasteiger partial charge in [0.25, 0.3) is 0 Å². The van der Waals surface area contributed by atoms with Gasteiger partial charge in [-0.05, 0) is 32.6 Å². The van der Waals surface area contributed by atoms with E-state index in [1.54, 1.807) is 28.8 Å². The van der Waals surface area contributed by atoms with E-state index in [4.69, 9.17) is 5.11 Å². The van der Waals surface area contributed by atoms with Crippen LogP contribution in [0.15, 0.2) is 18.5 Å². The highest BCUT2D eigenvalue weighted by Gasteiger charge is 2.10. The van der Waals surface area contributed by atoms with Gasteiger partial charge in [0, 0.05) is 24.1 Å². The highest BCUT2D eigenvalue weighted by atomic mass is 32.2. The molecule has 0 saturated carbocycles. The molecular formula is C14H21N5OS. The van der Waals surface area contributed by atoms with Gasteiger partial charge in [-0.15, -0.1) is 0 Å². The number of aromatic nitrogens is 4. The van der Waals surface area contributed by atoms with Gasteiger partial charge in [-0.25, -0.2) is 9.67 Å². The SMILES string of the molecule is CSC[C@@H](CCO)Nc1cncc(-n2nc(C)cc2C)n1. The van der Waals surface area contributed by atoms with Crippen LogP contribution in [0.2, 0.25) is 0 Å². The lowest BCUT2D eigenvalue weighted by atomic mass is 10.2. The first-order valence-corrected chi connectivity index (χ1v) is 8.25. The van der Waals surface area contributed by atoms with Crippen molar-refractivity contribution >= 4 is 17.6 Å². The summed E-state index contributed by atoms with van der Waals surface area (Å²) >= 11 is 1.74. The molecule has 0 aliphatic heterocycles. The number of hydrogen-bond donors (Lipinski definition) is 2. The van der Waals surface area contributed by atoms with Crippen LogP contribution in [0.4, 0.5) is 5.82 Å². The van der Waals surface area contributed by atoms with Gasteiger partial charge in [-0.2, -0.15) is 16.9 Å². The molecule has 0 fully saturated rings. The molecule has 2 aromatic rings. The predicted molar refractivity (Wildman–Crippen MR) is 86.1 cm³/mol. The van der Waals surface area contributed by atoms with Gasteiger partial charge in [-0.1, -0.05) is 0 Å². The third kappa shape index (κ3) is 4.18. The average molecular weight is 307 g/mol. The van der Waals surface area contributed by atoms with Gasteiger partial charge in [0.15, 0.2) is 5.82 Å². The van der Waals surface area contributed by atoms with Crippen molar-refractivity contribution in [2.45, 2.75) is 26.3 Å². The lowest BCUT2D eigenvalue weighted by molar-refractivity contribution is 0.282. The molecule has 6 nitrogen and oxygen atoms in total. The van der Waals surface area contributed by atoms with Gasteiger partial charge in [0.1, 0.15) is 5.82 Å². The Labute approximate surface area is 129 Å². The molecule has 7 heteroatoms. The van der Waals surface area contributed by atoms with Crippen LogP contribution in [0, 0.1) is 13.8 Å². The maximum absolute atomic E-state index is 9.11. The molecule has 0 radical (unpaired) electrons. The van der Waals surface area contributed by atoms with Crippen molar-refractivity contribution in [1.29, 1.82) is 0 Å². The fourth-order valence-corrected chi connectivity index (χ4v) is 2.80. The Bertz CT molecular complexity index is 580. The molecule has 1 atom stereocenters. The minimum absolute atomic E-state index is 0.156. The molecule has 0 unspecified atom stereocenters. The number of rotatable bonds is 7. The third-order valence-corrected chi connectivity index (χ3v) is 3.78. The first-order valence-electron chi connectivity index (χ1n) is 6.86. The van der Waals surface area contributed by atoms with E-state index in [1.165, 1.54) is 0 Å². The summed E-state index contributed by atoms with van der Waals surface area (Å²) in [6.07, 6.45) is 6.12. The van der Waals surface area contributed by atoms with Gasteiger partial charge in [0.2, 0.25) is 0 Å². The molecule has 2 N–H and O–H groups in total. The molecule has 0 bridgehead atoms. The molecular weight excluding hydrogens is 286 g/mol.